The van der Waals surface area contributed by atoms with E-state index in [0.29, 0.717) is 36.0 Å². The van der Waals surface area contributed by atoms with Crippen molar-refractivity contribution < 1.29 is 24.2 Å². The molecule has 5 aliphatic heterocycles. The molecule has 6 aliphatic carbocycles. The summed E-state index contributed by atoms with van der Waals surface area (Å²) in [6.45, 7) is 8.08. The normalized spacial score (nSPS) is 32.0. The molecule has 15 rings (SSSR count). The van der Waals surface area contributed by atoms with Gasteiger partial charge in [0.25, 0.3) is 0 Å². The molecule has 400 valence electrons. The van der Waals surface area contributed by atoms with Crippen molar-refractivity contribution in [2.24, 2.45) is 45.8 Å². The molecule has 9 heteroatoms. The van der Waals surface area contributed by atoms with Gasteiger partial charge in [-0.25, -0.2) is 9.59 Å². The molecular formula is C68H78N4O5. The number of hydrogen-bond donors (Lipinski definition) is 5. The number of benzene rings is 4. The van der Waals surface area contributed by atoms with Crippen LogP contribution in [0.1, 0.15) is 130 Å². The van der Waals surface area contributed by atoms with Gasteiger partial charge in [-0.3, -0.25) is 0 Å². The predicted molar refractivity (Wildman–Crippen MR) is 304 cm³/mol. The Bertz CT molecular complexity index is 3150. The van der Waals surface area contributed by atoms with Crippen LogP contribution in [-0.4, -0.2) is 49.9 Å². The molecule has 5 N–H and O–H groups in total. The number of aromatic hydroxyl groups is 1. The van der Waals surface area contributed by atoms with Crippen LogP contribution < -0.4 is 21.3 Å². The summed E-state index contributed by atoms with van der Waals surface area (Å²) in [5.74, 6) is 1.60. The highest BCUT2D eigenvalue weighted by atomic mass is 16.6. The van der Waals surface area contributed by atoms with E-state index in [9.17, 15) is 5.11 Å². The van der Waals surface area contributed by atoms with Crippen LogP contribution in [0.15, 0.2) is 144 Å². The lowest BCUT2D eigenvalue weighted by atomic mass is 9.38. The van der Waals surface area contributed by atoms with Crippen molar-refractivity contribution in [1.82, 2.24) is 21.3 Å². The number of carbonyl (C=O) groups excluding carboxylic acids is 2. The molecule has 11 aliphatic rings. The molecule has 14 bridgehead atoms. The topological polar surface area (TPSA) is 121 Å². The zero-order valence-corrected chi connectivity index (χ0v) is 45.5. The lowest BCUT2D eigenvalue weighted by Crippen LogP contribution is -2.58. The number of hydrogen-bond acceptors (Lipinski definition) is 9. The zero-order chi connectivity index (χ0) is 52.5. The first-order valence-corrected chi connectivity index (χ1v) is 29.6. The molecule has 2 saturated heterocycles. The van der Waals surface area contributed by atoms with Crippen molar-refractivity contribution in [3.05, 3.63) is 177 Å². The molecule has 10 atom stereocenters. The number of carbonyl (C=O) groups is 2. The van der Waals surface area contributed by atoms with Gasteiger partial charge in [0, 0.05) is 35.6 Å². The second-order valence-corrected chi connectivity index (χ2v) is 24.7. The van der Waals surface area contributed by atoms with E-state index in [1.54, 1.807) is 6.07 Å². The fourth-order valence-corrected chi connectivity index (χ4v) is 17.0. The Balaban J connectivity index is 1.03. The summed E-state index contributed by atoms with van der Waals surface area (Å²) >= 11 is 0. The SMILES string of the molecule is CCCNCc1cc2cc(c1)CC1CCC(C3CCNC(NC)C3)(CC=C3OC(=O)C4=C3CCC35C=CC(NCC2)c2cccc(c2)-c2ccc(O)cc2C2=C6C(=O)OC(=CC(CC)Cc7ccccc7)C6(CCC23)C45)C1. The molecular weight excluding hydrogens is 953 g/mol. The number of nitrogens with one attached hydrogen (secondary N) is 4. The summed E-state index contributed by atoms with van der Waals surface area (Å²) < 4.78 is 13.6. The van der Waals surface area contributed by atoms with Crippen molar-refractivity contribution in [3.63, 3.8) is 0 Å². The van der Waals surface area contributed by atoms with Gasteiger partial charge in [-0.1, -0.05) is 98.8 Å². The van der Waals surface area contributed by atoms with E-state index in [2.05, 4.69) is 139 Å². The van der Waals surface area contributed by atoms with Crippen molar-refractivity contribution in [3.8, 4) is 16.9 Å². The minimum atomic E-state index is -0.952. The standard InChI is InChI=1S/C68H78N4O5/c1-4-28-70-41-47-33-44-21-29-71-56-19-26-67-25-17-53-57(20-24-66(50-22-30-72-59(38-50)69-3)23-16-45(40-66)34-46(32-44)35-47)76-64(74)61(53)63(67)68-27-18-55(67)60(54-39-51(73)14-15-52(54)48-12-9-13-49(56)37-48)62(68)65(75)77-58(68)36-42(5-2)31-43-10-7-6-8-11-43/h6-15,19-20,26,32-33,35-37,39,42,45,50,55-56,59,63,69-73H,4-5,16-18,21-25,27-31,34,38,40-41H2,1-3H3. The minimum Gasteiger partial charge on any atom is -0.508 e. The van der Waals surface area contributed by atoms with Gasteiger partial charge < -0.3 is 35.8 Å². The third-order valence-electron chi connectivity index (χ3n) is 20.5. The van der Waals surface area contributed by atoms with E-state index in [1.165, 1.54) is 28.7 Å². The summed E-state index contributed by atoms with van der Waals surface area (Å²) in [6, 6.07) is 32.4. The predicted octanol–water partition coefficient (Wildman–Crippen LogP) is 12.3. The number of esters is 2. The van der Waals surface area contributed by atoms with Crippen LogP contribution in [0.5, 0.6) is 5.75 Å². The van der Waals surface area contributed by atoms with Crippen LogP contribution in [0.3, 0.4) is 0 Å². The maximum atomic E-state index is 15.5. The maximum absolute atomic E-state index is 15.5. The first kappa shape index (κ1) is 50.7. The summed E-state index contributed by atoms with van der Waals surface area (Å²) in [5.41, 5.74) is 11.4. The Morgan fingerprint density at radius 2 is 1.71 bits per heavy atom. The highest BCUT2D eigenvalue weighted by Crippen LogP contribution is 2.77. The fraction of sp³-hybridized carbons (Fsp3) is 0.471. The molecule has 4 fully saturated rings. The number of ether oxygens (including phenoxy) is 2. The molecule has 0 radical (unpaired) electrons. The maximum Gasteiger partial charge on any atom is 0.340 e. The Morgan fingerprint density at radius 1 is 0.831 bits per heavy atom. The highest BCUT2D eigenvalue weighted by molar-refractivity contribution is 6.08. The van der Waals surface area contributed by atoms with E-state index in [-0.39, 0.29) is 47.1 Å². The summed E-state index contributed by atoms with van der Waals surface area (Å²) in [4.78, 5) is 31.0. The van der Waals surface area contributed by atoms with Crippen LogP contribution >= 0.6 is 0 Å². The fourth-order valence-electron chi connectivity index (χ4n) is 17.0. The molecule has 9 nitrogen and oxygen atoms in total. The van der Waals surface area contributed by atoms with E-state index >= 15 is 9.59 Å². The quantitative estimate of drug-likeness (QED) is 0.0601. The minimum absolute atomic E-state index is 0.0689. The van der Waals surface area contributed by atoms with Crippen LogP contribution in [0.25, 0.3) is 16.7 Å². The summed E-state index contributed by atoms with van der Waals surface area (Å²) in [7, 11) is 2.08. The lowest BCUT2D eigenvalue weighted by molar-refractivity contribution is -0.135. The smallest absolute Gasteiger partial charge is 0.340 e. The lowest BCUT2D eigenvalue weighted by Gasteiger charge is -2.62. The van der Waals surface area contributed by atoms with Gasteiger partial charge in [-0.15, -0.1) is 0 Å². The molecule has 4 aromatic carbocycles. The van der Waals surface area contributed by atoms with Crippen LogP contribution in [0, 0.1) is 45.8 Å². The van der Waals surface area contributed by atoms with Crippen molar-refractivity contribution >= 4 is 17.5 Å². The van der Waals surface area contributed by atoms with Crippen molar-refractivity contribution in [2.75, 3.05) is 26.7 Å². The third kappa shape index (κ3) is 8.74. The first-order chi connectivity index (χ1) is 37.6. The zero-order valence-electron chi connectivity index (χ0n) is 45.5. The van der Waals surface area contributed by atoms with Gasteiger partial charge >= 0.3 is 11.9 Å². The molecule has 4 aromatic rings. The van der Waals surface area contributed by atoms with Gasteiger partial charge in [0.15, 0.2) is 0 Å². The number of phenolic OH excluding ortho intramolecular Hbond substituents is 1. The van der Waals surface area contributed by atoms with Crippen molar-refractivity contribution in [2.45, 2.75) is 129 Å². The van der Waals surface area contributed by atoms with Gasteiger partial charge in [-0.2, -0.15) is 0 Å². The van der Waals surface area contributed by atoms with E-state index in [0.717, 1.165) is 148 Å². The number of rotatable bonds is 10. The van der Waals surface area contributed by atoms with Crippen LogP contribution in [0.2, 0.25) is 0 Å². The van der Waals surface area contributed by atoms with Crippen LogP contribution in [0.4, 0.5) is 0 Å². The highest BCUT2D eigenvalue weighted by Gasteiger charge is 2.73. The second-order valence-electron chi connectivity index (χ2n) is 24.7. The monoisotopic (exact) mass is 1030 g/mol. The second kappa shape index (κ2) is 20.4. The van der Waals surface area contributed by atoms with Crippen molar-refractivity contribution in [1.29, 1.82) is 0 Å². The Morgan fingerprint density at radius 3 is 2.57 bits per heavy atom. The molecule has 2 spiro atoms. The van der Waals surface area contributed by atoms with Gasteiger partial charge in [0.1, 0.15) is 17.3 Å². The Labute approximate surface area is 456 Å². The number of piperidine rings is 1. The van der Waals surface area contributed by atoms with E-state index < -0.39 is 16.7 Å². The summed E-state index contributed by atoms with van der Waals surface area (Å²) in [5, 5.41) is 26.7. The van der Waals surface area contributed by atoms with E-state index in [1.807, 2.05) is 12.1 Å². The van der Waals surface area contributed by atoms with E-state index in [4.69, 9.17) is 9.47 Å². The molecule has 2 saturated carbocycles. The Hall–Kier alpha value is -5.84. The number of phenols is 1. The van der Waals surface area contributed by atoms with Gasteiger partial charge in [-0.05, 0) is 226 Å². The number of allylic oxidation sites excluding steroid dienone is 6. The molecule has 0 amide bonds. The number of cyclic esters (lactones) is 1. The largest absolute Gasteiger partial charge is 0.508 e. The molecule has 77 heavy (non-hydrogen) atoms. The summed E-state index contributed by atoms with van der Waals surface area (Å²) in [6.07, 6.45) is 24.0. The molecule has 5 heterocycles. The molecule has 0 aromatic heterocycles. The van der Waals surface area contributed by atoms with Crippen LogP contribution in [-0.2, 0) is 44.9 Å². The first-order valence-electron chi connectivity index (χ1n) is 29.6. The average Bonchev–Trinajstić information content (AvgIpc) is 4.15. The van der Waals surface area contributed by atoms with Gasteiger partial charge in [0.2, 0.25) is 0 Å². The third-order valence-corrected chi connectivity index (χ3v) is 20.5. The van der Waals surface area contributed by atoms with Gasteiger partial charge in [0.05, 0.1) is 23.2 Å². The number of fused-ring (bicyclic) bond motifs is 9. The average molecular weight is 1030 g/mol. The molecule has 10 unspecified atom stereocenters. The Kier molecular flexibility index (Phi) is 13.4.